The standard InChI is InChI=1S/C8H13F3N2S/c1-2-3-6-4-12-7(14-6)13-5-8(9,10)11/h6H,2-5H2,1H3,(H,12,13). The molecular weight excluding hydrogens is 213 g/mol. The van der Waals surface area contributed by atoms with Gasteiger partial charge in [-0.15, -0.1) is 0 Å². The van der Waals surface area contributed by atoms with Crippen LogP contribution in [0.1, 0.15) is 19.8 Å². The van der Waals surface area contributed by atoms with Gasteiger partial charge in [-0.3, -0.25) is 4.99 Å². The van der Waals surface area contributed by atoms with Crippen molar-refractivity contribution in [1.29, 1.82) is 0 Å². The number of nitrogens with zero attached hydrogens (tertiary/aromatic N) is 1. The van der Waals surface area contributed by atoms with Crippen molar-refractivity contribution in [3.63, 3.8) is 0 Å². The van der Waals surface area contributed by atoms with Gasteiger partial charge >= 0.3 is 6.18 Å². The minimum Gasteiger partial charge on any atom is -0.356 e. The van der Waals surface area contributed by atoms with Crippen LogP contribution in [0.4, 0.5) is 13.2 Å². The molecule has 1 aliphatic heterocycles. The van der Waals surface area contributed by atoms with Gasteiger partial charge in [0.25, 0.3) is 0 Å². The largest absolute Gasteiger partial charge is 0.405 e. The number of hydrogen-bond donors (Lipinski definition) is 1. The molecule has 6 heteroatoms. The Labute approximate surface area is 85.4 Å². The summed E-state index contributed by atoms with van der Waals surface area (Å²) in [5, 5.41) is 3.09. The van der Waals surface area contributed by atoms with E-state index in [1.54, 1.807) is 0 Å². The molecule has 1 rings (SSSR count). The summed E-state index contributed by atoms with van der Waals surface area (Å²) in [7, 11) is 0. The maximum Gasteiger partial charge on any atom is 0.405 e. The number of rotatable bonds is 3. The Kier molecular flexibility index (Phi) is 4.10. The van der Waals surface area contributed by atoms with Crippen LogP contribution in [0.2, 0.25) is 0 Å². The van der Waals surface area contributed by atoms with Crippen LogP contribution in [0, 0.1) is 0 Å². The van der Waals surface area contributed by atoms with Crippen LogP contribution >= 0.6 is 11.8 Å². The predicted octanol–water partition coefficient (Wildman–Crippen LogP) is 2.41. The van der Waals surface area contributed by atoms with Crippen LogP contribution in [0.25, 0.3) is 0 Å². The highest BCUT2D eigenvalue weighted by Crippen LogP contribution is 2.24. The number of halogens is 3. The van der Waals surface area contributed by atoms with Crippen molar-refractivity contribution in [3.8, 4) is 0 Å². The van der Waals surface area contributed by atoms with Crippen LogP contribution in [-0.2, 0) is 0 Å². The lowest BCUT2D eigenvalue weighted by Gasteiger charge is -2.09. The Hall–Kier alpha value is -0.390. The fourth-order valence-electron chi connectivity index (χ4n) is 1.16. The van der Waals surface area contributed by atoms with Crippen LogP contribution in [0.3, 0.4) is 0 Å². The average Bonchev–Trinajstić information content (AvgIpc) is 2.49. The fourth-order valence-corrected chi connectivity index (χ4v) is 2.29. The van der Waals surface area contributed by atoms with Crippen LogP contribution in [-0.4, -0.2) is 29.7 Å². The van der Waals surface area contributed by atoms with Gasteiger partial charge in [-0.05, 0) is 6.42 Å². The smallest absolute Gasteiger partial charge is 0.356 e. The van der Waals surface area contributed by atoms with E-state index in [0.29, 0.717) is 17.0 Å². The van der Waals surface area contributed by atoms with E-state index in [4.69, 9.17) is 0 Å². The highest BCUT2D eigenvalue weighted by Gasteiger charge is 2.28. The van der Waals surface area contributed by atoms with Crippen LogP contribution in [0.5, 0.6) is 0 Å². The quantitative estimate of drug-likeness (QED) is 0.799. The summed E-state index contributed by atoms with van der Waals surface area (Å²) < 4.78 is 35.5. The molecular formula is C8H13F3N2S. The van der Waals surface area contributed by atoms with Gasteiger partial charge in [-0.25, -0.2) is 0 Å². The predicted molar refractivity (Wildman–Crippen MR) is 52.6 cm³/mol. The SMILES string of the molecule is CCCC1CN=C(NCC(F)(F)F)S1. The van der Waals surface area contributed by atoms with Crippen LogP contribution in [0.15, 0.2) is 4.99 Å². The Morgan fingerprint density at radius 2 is 2.29 bits per heavy atom. The molecule has 1 atom stereocenters. The molecule has 1 N–H and O–H groups in total. The van der Waals surface area contributed by atoms with Gasteiger partial charge in [0.15, 0.2) is 5.17 Å². The summed E-state index contributed by atoms with van der Waals surface area (Å²) in [5.74, 6) is 0. The Balaban J connectivity index is 2.22. The molecule has 0 aromatic rings. The molecule has 0 aliphatic carbocycles. The highest BCUT2D eigenvalue weighted by atomic mass is 32.2. The van der Waals surface area contributed by atoms with Gasteiger partial charge in [0, 0.05) is 5.25 Å². The topological polar surface area (TPSA) is 24.4 Å². The molecule has 0 aromatic carbocycles. The molecule has 0 saturated carbocycles. The first-order valence-electron chi connectivity index (χ1n) is 4.53. The minimum atomic E-state index is -4.16. The maximum atomic E-state index is 11.8. The third-order valence-corrected chi connectivity index (χ3v) is 2.98. The zero-order chi connectivity index (χ0) is 10.6. The highest BCUT2D eigenvalue weighted by molar-refractivity contribution is 8.14. The van der Waals surface area contributed by atoms with Crippen molar-refractivity contribution < 1.29 is 13.2 Å². The average molecular weight is 226 g/mol. The molecule has 0 fully saturated rings. The van der Waals surface area contributed by atoms with Crippen LogP contribution < -0.4 is 5.32 Å². The molecule has 0 radical (unpaired) electrons. The third kappa shape index (κ3) is 4.21. The first-order chi connectivity index (χ1) is 6.51. The van der Waals surface area contributed by atoms with Gasteiger partial charge in [0.2, 0.25) is 0 Å². The van der Waals surface area contributed by atoms with Gasteiger partial charge in [0.05, 0.1) is 6.54 Å². The van der Waals surface area contributed by atoms with E-state index in [2.05, 4.69) is 17.2 Å². The minimum absolute atomic E-state index is 0.357. The molecule has 0 bridgehead atoms. The van der Waals surface area contributed by atoms with Gasteiger partial charge in [-0.2, -0.15) is 13.2 Å². The second-order valence-electron chi connectivity index (χ2n) is 3.14. The van der Waals surface area contributed by atoms with E-state index in [0.717, 1.165) is 12.8 Å². The third-order valence-electron chi connectivity index (χ3n) is 1.77. The van der Waals surface area contributed by atoms with Crippen molar-refractivity contribution in [3.05, 3.63) is 0 Å². The number of aliphatic imine (C=N–C) groups is 1. The van der Waals surface area contributed by atoms with Crippen molar-refractivity contribution in [2.24, 2.45) is 4.99 Å². The monoisotopic (exact) mass is 226 g/mol. The molecule has 1 unspecified atom stereocenters. The lowest BCUT2D eigenvalue weighted by Crippen LogP contribution is -2.31. The lowest BCUT2D eigenvalue weighted by molar-refractivity contribution is -0.121. The second kappa shape index (κ2) is 4.91. The molecule has 1 aliphatic rings. The van der Waals surface area contributed by atoms with Crippen molar-refractivity contribution in [2.45, 2.75) is 31.2 Å². The zero-order valence-corrected chi connectivity index (χ0v) is 8.71. The summed E-state index contributed by atoms with van der Waals surface area (Å²) in [6, 6.07) is 0. The van der Waals surface area contributed by atoms with Crippen molar-refractivity contribution >= 4 is 16.9 Å². The molecule has 0 aromatic heterocycles. The summed E-state index contributed by atoms with van der Waals surface area (Å²) in [5.41, 5.74) is 0. The summed E-state index contributed by atoms with van der Waals surface area (Å²) in [6.07, 6.45) is -2.11. The summed E-state index contributed by atoms with van der Waals surface area (Å²) in [6.45, 7) is 1.71. The summed E-state index contributed by atoms with van der Waals surface area (Å²) in [4.78, 5) is 4.01. The normalized spacial score (nSPS) is 22.3. The number of amidine groups is 1. The first kappa shape index (κ1) is 11.7. The lowest BCUT2D eigenvalue weighted by atomic mass is 10.2. The van der Waals surface area contributed by atoms with E-state index >= 15 is 0 Å². The summed E-state index contributed by atoms with van der Waals surface area (Å²) >= 11 is 1.41. The van der Waals surface area contributed by atoms with E-state index in [1.807, 2.05) is 0 Å². The Morgan fingerprint density at radius 3 is 2.86 bits per heavy atom. The molecule has 82 valence electrons. The maximum absolute atomic E-state index is 11.8. The molecule has 2 nitrogen and oxygen atoms in total. The van der Waals surface area contributed by atoms with Crippen molar-refractivity contribution in [1.82, 2.24) is 5.32 Å². The molecule has 0 saturated heterocycles. The van der Waals surface area contributed by atoms with E-state index < -0.39 is 12.7 Å². The molecule has 14 heavy (non-hydrogen) atoms. The fraction of sp³-hybridized carbons (Fsp3) is 0.875. The van der Waals surface area contributed by atoms with Gasteiger partial charge in [-0.1, -0.05) is 25.1 Å². The van der Waals surface area contributed by atoms with E-state index in [1.165, 1.54) is 11.8 Å². The number of thioether (sulfide) groups is 1. The van der Waals surface area contributed by atoms with Crippen molar-refractivity contribution in [2.75, 3.05) is 13.1 Å². The zero-order valence-electron chi connectivity index (χ0n) is 7.90. The number of nitrogens with one attached hydrogen (secondary N) is 1. The van der Waals surface area contributed by atoms with Gasteiger partial charge < -0.3 is 5.32 Å². The van der Waals surface area contributed by atoms with E-state index in [-0.39, 0.29) is 0 Å². The Morgan fingerprint density at radius 1 is 1.57 bits per heavy atom. The van der Waals surface area contributed by atoms with E-state index in [9.17, 15) is 13.2 Å². The van der Waals surface area contributed by atoms with Gasteiger partial charge in [0.1, 0.15) is 6.54 Å². The molecule has 0 amide bonds. The Bertz CT molecular complexity index is 215. The first-order valence-corrected chi connectivity index (χ1v) is 5.41. The number of hydrogen-bond acceptors (Lipinski definition) is 3. The number of alkyl halides is 3. The second-order valence-corrected chi connectivity index (χ2v) is 4.43. The molecule has 0 spiro atoms. The molecule has 1 heterocycles.